The molecule has 0 spiro atoms. The molecule has 5 nitrogen and oxygen atoms in total. The number of hydrogen-bond donors (Lipinski definition) is 2. The fourth-order valence-corrected chi connectivity index (χ4v) is 2.02. The van der Waals surface area contributed by atoms with Crippen LogP contribution in [-0.2, 0) is 4.79 Å². The molecule has 0 aromatic heterocycles. The molecule has 0 aliphatic carbocycles. The van der Waals surface area contributed by atoms with Gasteiger partial charge < -0.3 is 20.1 Å². The first-order chi connectivity index (χ1) is 8.53. The molecular weight excluding hydrogens is 232 g/mol. The van der Waals surface area contributed by atoms with Gasteiger partial charge in [-0.05, 0) is 12.1 Å². The molecule has 0 saturated carbocycles. The number of ether oxygens (including phenoxy) is 2. The van der Waals surface area contributed by atoms with Gasteiger partial charge in [-0.15, -0.1) is 0 Å². The Bertz CT molecular complexity index is 495. The minimum atomic E-state index is -0.636. The molecular formula is C13H16N2O3. The molecule has 2 aliphatic rings. The molecule has 2 aliphatic heterocycles. The molecule has 0 radical (unpaired) electrons. The highest BCUT2D eigenvalue weighted by molar-refractivity contribution is 5.93. The predicted octanol–water partition coefficient (Wildman–Crippen LogP) is 1.35. The van der Waals surface area contributed by atoms with Crippen molar-refractivity contribution in [1.82, 2.24) is 5.32 Å². The van der Waals surface area contributed by atoms with Crippen LogP contribution >= 0.6 is 0 Å². The lowest BCUT2D eigenvalue weighted by Crippen LogP contribution is -2.48. The first-order valence-electron chi connectivity index (χ1n) is 6.07. The van der Waals surface area contributed by atoms with Crippen LogP contribution < -0.4 is 20.1 Å². The number of nitrogens with one attached hydrogen (secondary N) is 2. The maximum Gasteiger partial charge on any atom is 0.246 e. The van der Waals surface area contributed by atoms with Crippen LogP contribution in [0.25, 0.3) is 0 Å². The van der Waals surface area contributed by atoms with E-state index in [1.165, 1.54) is 0 Å². The summed E-state index contributed by atoms with van der Waals surface area (Å²) in [6.07, 6.45) is 0. The van der Waals surface area contributed by atoms with Crippen LogP contribution in [0.2, 0.25) is 0 Å². The van der Waals surface area contributed by atoms with Crippen molar-refractivity contribution in [3.63, 3.8) is 0 Å². The van der Waals surface area contributed by atoms with Gasteiger partial charge in [0.05, 0.1) is 5.92 Å². The van der Waals surface area contributed by atoms with E-state index in [9.17, 15) is 4.79 Å². The van der Waals surface area contributed by atoms with Gasteiger partial charge in [-0.2, -0.15) is 0 Å². The van der Waals surface area contributed by atoms with E-state index >= 15 is 0 Å². The minimum Gasteiger partial charge on any atom is -0.449 e. The highest BCUT2D eigenvalue weighted by Gasteiger charge is 2.32. The Kier molecular flexibility index (Phi) is 2.45. The Morgan fingerprint density at radius 2 is 2.06 bits per heavy atom. The number of amides is 1. The molecule has 0 atom stereocenters. The van der Waals surface area contributed by atoms with E-state index in [0.29, 0.717) is 11.5 Å². The average molecular weight is 248 g/mol. The van der Waals surface area contributed by atoms with Crippen molar-refractivity contribution in [3.8, 4) is 11.5 Å². The van der Waals surface area contributed by atoms with E-state index < -0.39 is 5.79 Å². The van der Waals surface area contributed by atoms with Gasteiger partial charge in [0.15, 0.2) is 11.5 Å². The SMILES string of the molecule is CC1(C)Oc2ccc(NC(=O)C3CNC3)cc2O1. The van der Waals surface area contributed by atoms with Crippen LogP contribution in [0.4, 0.5) is 5.69 Å². The summed E-state index contributed by atoms with van der Waals surface area (Å²) in [5, 5.41) is 5.96. The first kappa shape index (κ1) is 11.3. The number of benzene rings is 1. The summed E-state index contributed by atoms with van der Waals surface area (Å²) in [6.45, 7) is 5.21. The summed E-state index contributed by atoms with van der Waals surface area (Å²) in [7, 11) is 0. The van der Waals surface area contributed by atoms with Crippen LogP contribution in [0.15, 0.2) is 18.2 Å². The molecule has 3 rings (SSSR count). The van der Waals surface area contributed by atoms with E-state index in [4.69, 9.17) is 9.47 Å². The summed E-state index contributed by atoms with van der Waals surface area (Å²) in [6, 6.07) is 5.44. The Morgan fingerprint density at radius 1 is 1.33 bits per heavy atom. The Morgan fingerprint density at radius 3 is 2.72 bits per heavy atom. The van der Waals surface area contributed by atoms with Crippen molar-refractivity contribution in [2.24, 2.45) is 5.92 Å². The Balaban J connectivity index is 1.73. The third-order valence-corrected chi connectivity index (χ3v) is 3.08. The fourth-order valence-electron chi connectivity index (χ4n) is 2.02. The quantitative estimate of drug-likeness (QED) is 0.829. The van der Waals surface area contributed by atoms with Crippen molar-refractivity contribution < 1.29 is 14.3 Å². The van der Waals surface area contributed by atoms with Gasteiger partial charge in [0, 0.05) is 38.7 Å². The molecule has 0 bridgehead atoms. The largest absolute Gasteiger partial charge is 0.449 e. The lowest BCUT2D eigenvalue weighted by atomic mass is 10.0. The molecule has 2 heterocycles. The lowest BCUT2D eigenvalue weighted by molar-refractivity contribution is -0.121. The van der Waals surface area contributed by atoms with Crippen molar-refractivity contribution in [2.45, 2.75) is 19.6 Å². The molecule has 1 aromatic carbocycles. The smallest absolute Gasteiger partial charge is 0.246 e. The van der Waals surface area contributed by atoms with Crippen molar-refractivity contribution in [1.29, 1.82) is 0 Å². The zero-order valence-corrected chi connectivity index (χ0v) is 10.4. The monoisotopic (exact) mass is 248 g/mol. The molecule has 18 heavy (non-hydrogen) atoms. The highest BCUT2D eigenvalue weighted by Crippen LogP contribution is 2.40. The van der Waals surface area contributed by atoms with Gasteiger partial charge in [0.2, 0.25) is 11.7 Å². The molecule has 2 N–H and O–H groups in total. The predicted molar refractivity (Wildman–Crippen MR) is 66.8 cm³/mol. The molecule has 0 unspecified atom stereocenters. The number of rotatable bonds is 2. The second-order valence-electron chi connectivity index (χ2n) is 5.11. The highest BCUT2D eigenvalue weighted by atomic mass is 16.7. The zero-order valence-electron chi connectivity index (χ0n) is 10.4. The van der Waals surface area contributed by atoms with E-state index in [0.717, 1.165) is 18.8 Å². The maximum absolute atomic E-state index is 11.8. The summed E-state index contributed by atoms with van der Waals surface area (Å²) in [5.74, 6) is 0.870. The molecule has 1 saturated heterocycles. The summed E-state index contributed by atoms with van der Waals surface area (Å²) >= 11 is 0. The van der Waals surface area contributed by atoms with Crippen molar-refractivity contribution in [2.75, 3.05) is 18.4 Å². The number of anilines is 1. The van der Waals surface area contributed by atoms with Gasteiger partial charge in [0.1, 0.15) is 0 Å². The van der Waals surface area contributed by atoms with Gasteiger partial charge in [-0.25, -0.2) is 0 Å². The van der Waals surface area contributed by atoms with Gasteiger partial charge in [-0.3, -0.25) is 4.79 Å². The molecule has 1 aromatic rings. The van der Waals surface area contributed by atoms with E-state index in [-0.39, 0.29) is 11.8 Å². The van der Waals surface area contributed by atoms with Gasteiger partial charge in [0.25, 0.3) is 0 Å². The van der Waals surface area contributed by atoms with Crippen LogP contribution in [0.5, 0.6) is 11.5 Å². The normalized spacial score (nSPS) is 20.3. The van der Waals surface area contributed by atoms with Crippen LogP contribution in [0.1, 0.15) is 13.8 Å². The Hall–Kier alpha value is -1.75. The fraction of sp³-hybridized carbons (Fsp3) is 0.462. The van der Waals surface area contributed by atoms with Crippen LogP contribution in [0, 0.1) is 5.92 Å². The third kappa shape index (κ3) is 2.01. The third-order valence-electron chi connectivity index (χ3n) is 3.08. The molecule has 1 fully saturated rings. The second-order valence-corrected chi connectivity index (χ2v) is 5.11. The summed E-state index contributed by atoms with van der Waals surface area (Å²) in [5.41, 5.74) is 0.743. The molecule has 96 valence electrons. The number of carbonyl (C=O) groups is 1. The summed E-state index contributed by atoms with van der Waals surface area (Å²) in [4.78, 5) is 11.8. The first-order valence-corrected chi connectivity index (χ1v) is 6.07. The van der Waals surface area contributed by atoms with Crippen molar-refractivity contribution in [3.05, 3.63) is 18.2 Å². The van der Waals surface area contributed by atoms with Gasteiger partial charge in [-0.1, -0.05) is 0 Å². The van der Waals surface area contributed by atoms with Gasteiger partial charge >= 0.3 is 0 Å². The summed E-state index contributed by atoms with van der Waals surface area (Å²) < 4.78 is 11.2. The molecule has 5 heteroatoms. The van der Waals surface area contributed by atoms with Crippen LogP contribution in [0.3, 0.4) is 0 Å². The lowest BCUT2D eigenvalue weighted by Gasteiger charge is -2.25. The second kappa shape index (κ2) is 3.88. The van der Waals surface area contributed by atoms with E-state index in [1.807, 2.05) is 26.0 Å². The number of hydrogen-bond acceptors (Lipinski definition) is 4. The van der Waals surface area contributed by atoms with Crippen molar-refractivity contribution >= 4 is 11.6 Å². The van der Waals surface area contributed by atoms with E-state index in [1.54, 1.807) is 6.07 Å². The standard InChI is InChI=1S/C13H16N2O3/c1-13(2)17-10-4-3-9(5-11(10)18-13)15-12(16)8-6-14-7-8/h3-5,8,14H,6-7H2,1-2H3,(H,15,16). The topological polar surface area (TPSA) is 59.6 Å². The average Bonchev–Trinajstić information content (AvgIpc) is 2.48. The van der Waals surface area contributed by atoms with E-state index in [2.05, 4.69) is 10.6 Å². The Labute approximate surface area is 105 Å². The van der Waals surface area contributed by atoms with Crippen LogP contribution in [-0.4, -0.2) is 24.8 Å². The number of carbonyl (C=O) groups excluding carboxylic acids is 1. The minimum absolute atomic E-state index is 0.0480. The zero-order chi connectivity index (χ0) is 12.8. The molecule has 1 amide bonds. The number of fused-ring (bicyclic) bond motifs is 1. The maximum atomic E-state index is 11.8.